The number of halogens is 1. The number of rotatable bonds is 6. The molecule has 1 aliphatic rings. The third kappa shape index (κ3) is 5.02. The van der Waals surface area contributed by atoms with Gasteiger partial charge in [-0.1, -0.05) is 37.6 Å². The van der Waals surface area contributed by atoms with Crippen LogP contribution in [0.1, 0.15) is 42.9 Å². The molecule has 2 N–H and O–H groups in total. The molecule has 0 saturated heterocycles. The van der Waals surface area contributed by atoms with Crippen LogP contribution >= 0.6 is 11.6 Å². The zero-order valence-corrected chi connectivity index (χ0v) is 19.0. The van der Waals surface area contributed by atoms with Crippen molar-refractivity contribution in [1.29, 1.82) is 0 Å². The zero-order chi connectivity index (χ0) is 22.7. The summed E-state index contributed by atoms with van der Waals surface area (Å²) in [6.45, 7) is 4.80. The maximum absolute atomic E-state index is 13.0. The first-order valence-corrected chi connectivity index (χ1v) is 11.3. The summed E-state index contributed by atoms with van der Waals surface area (Å²) in [5.41, 5.74) is 2.99. The number of nitrogens with one attached hydrogen (secondary N) is 2. The molecule has 0 bridgehead atoms. The highest BCUT2D eigenvalue weighted by atomic mass is 35.5. The second kappa shape index (κ2) is 9.57. The lowest BCUT2D eigenvalue weighted by atomic mass is 10.0. The van der Waals surface area contributed by atoms with Gasteiger partial charge in [0.25, 0.3) is 5.91 Å². The van der Waals surface area contributed by atoms with Gasteiger partial charge in [-0.05, 0) is 55.2 Å². The van der Waals surface area contributed by atoms with Gasteiger partial charge in [0.15, 0.2) is 0 Å². The fraction of sp³-hybridized carbons (Fsp3) is 0.320. The van der Waals surface area contributed by atoms with Gasteiger partial charge in [0.1, 0.15) is 11.9 Å². The highest BCUT2D eigenvalue weighted by molar-refractivity contribution is 6.30. The predicted molar refractivity (Wildman–Crippen MR) is 127 cm³/mol. The Morgan fingerprint density at radius 2 is 1.88 bits per heavy atom. The van der Waals surface area contributed by atoms with E-state index in [9.17, 15) is 9.59 Å². The number of anilines is 1. The van der Waals surface area contributed by atoms with Gasteiger partial charge in [0.05, 0.1) is 5.69 Å². The molecular formula is C25H27ClN4O2. The van der Waals surface area contributed by atoms with Crippen molar-refractivity contribution in [3.8, 4) is 11.3 Å². The van der Waals surface area contributed by atoms with E-state index in [0.717, 1.165) is 30.0 Å². The van der Waals surface area contributed by atoms with Crippen molar-refractivity contribution in [2.24, 2.45) is 5.92 Å². The fourth-order valence-electron chi connectivity index (χ4n) is 3.89. The lowest BCUT2D eigenvalue weighted by Gasteiger charge is -2.22. The van der Waals surface area contributed by atoms with E-state index >= 15 is 0 Å². The van der Waals surface area contributed by atoms with E-state index in [1.807, 2.05) is 38.1 Å². The smallest absolute Gasteiger partial charge is 0.251 e. The van der Waals surface area contributed by atoms with Crippen LogP contribution < -0.4 is 10.6 Å². The molecular weight excluding hydrogens is 424 g/mol. The van der Waals surface area contributed by atoms with Gasteiger partial charge < -0.3 is 15.2 Å². The van der Waals surface area contributed by atoms with Crippen molar-refractivity contribution < 1.29 is 9.59 Å². The maximum Gasteiger partial charge on any atom is 0.251 e. The van der Waals surface area contributed by atoms with Crippen molar-refractivity contribution in [3.05, 3.63) is 71.1 Å². The van der Waals surface area contributed by atoms with Gasteiger partial charge in [0, 0.05) is 41.0 Å². The average Bonchev–Trinajstić information content (AvgIpc) is 3.22. The Kier molecular flexibility index (Phi) is 6.61. The molecule has 0 aliphatic carbocycles. The van der Waals surface area contributed by atoms with Crippen LogP contribution in [0.25, 0.3) is 11.3 Å². The third-order valence-electron chi connectivity index (χ3n) is 5.68. The Morgan fingerprint density at radius 1 is 1.09 bits per heavy atom. The molecule has 2 heterocycles. The Labute approximate surface area is 193 Å². The highest BCUT2D eigenvalue weighted by Gasteiger charge is 2.25. The van der Waals surface area contributed by atoms with E-state index in [-0.39, 0.29) is 17.7 Å². The molecule has 4 rings (SSSR count). The topological polar surface area (TPSA) is 76.0 Å². The first-order chi connectivity index (χ1) is 15.4. The highest BCUT2D eigenvalue weighted by Crippen LogP contribution is 2.25. The summed E-state index contributed by atoms with van der Waals surface area (Å²) in [5, 5.41) is 6.35. The van der Waals surface area contributed by atoms with E-state index in [4.69, 9.17) is 16.6 Å². The molecule has 7 heteroatoms. The number of benzene rings is 2. The van der Waals surface area contributed by atoms with Crippen LogP contribution in [0.5, 0.6) is 0 Å². The summed E-state index contributed by atoms with van der Waals surface area (Å²) < 4.78 is 2.21. The van der Waals surface area contributed by atoms with Gasteiger partial charge in [-0.25, -0.2) is 4.98 Å². The van der Waals surface area contributed by atoms with Crippen molar-refractivity contribution in [1.82, 2.24) is 14.9 Å². The average molecular weight is 451 g/mol. The molecule has 0 saturated carbocycles. The lowest BCUT2D eigenvalue weighted by molar-refractivity contribution is -0.118. The van der Waals surface area contributed by atoms with Crippen molar-refractivity contribution in [3.63, 3.8) is 0 Å². The third-order valence-corrected chi connectivity index (χ3v) is 5.93. The minimum Gasteiger partial charge on any atom is -0.340 e. The van der Waals surface area contributed by atoms with Crippen LogP contribution in [-0.4, -0.2) is 27.4 Å². The largest absolute Gasteiger partial charge is 0.340 e. The molecule has 6 nitrogen and oxygen atoms in total. The van der Waals surface area contributed by atoms with E-state index in [1.165, 1.54) is 12.8 Å². The summed E-state index contributed by atoms with van der Waals surface area (Å²) in [7, 11) is 0. The Morgan fingerprint density at radius 3 is 2.59 bits per heavy atom. The van der Waals surface area contributed by atoms with Gasteiger partial charge in [-0.3, -0.25) is 9.59 Å². The summed E-state index contributed by atoms with van der Waals surface area (Å²) in [6.07, 6.45) is 5.43. The maximum atomic E-state index is 13.0. The monoisotopic (exact) mass is 450 g/mol. The molecule has 0 spiro atoms. The van der Waals surface area contributed by atoms with Gasteiger partial charge in [-0.2, -0.15) is 0 Å². The number of nitrogens with zero attached hydrogens (tertiary/aromatic N) is 2. The number of aryl methyl sites for hydroxylation is 2. The normalized spacial score (nSPS) is 14.0. The number of hydrogen-bond acceptors (Lipinski definition) is 3. The van der Waals surface area contributed by atoms with E-state index in [0.29, 0.717) is 16.3 Å². The van der Waals surface area contributed by atoms with Crippen molar-refractivity contribution >= 4 is 29.1 Å². The van der Waals surface area contributed by atoms with Crippen LogP contribution in [0.3, 0.4) is 0 Å². The summed E-state index contributed by atoms with van der Waals surface area (Å²) in [6, 6.07) is 13.6. The van der Waals surface area contributed by atoms with E-state index < -0.39 is 6.04 Å². The molecule has 0 fully saturated rings. The number of carbonyl (C=O) groups is 2. The van der Waals surface area contributed by atoms with Crippen molar-refractivity contribution in [2.45, 2.75) is 45.7 Å². The Balaban J connectivity index is 1.47. The molecule has 3 aromatic rings. The number of aromatic nitrogens is 2. The number of fused-ring (bicyclic) bond motifs is 1. The molecule has 0 unspecified atom stereocenters. The van der Waals surface area contributed by atoms with Crippen LogP contribution in [0, 0.1) is 5.92 Å². The summed E-state index contributed by atoms with van der Waals surface area (Å²) in [5.74, 6) is 0.455. The van der Waals surface area contributed by atoms with Gasteiger partial charge in [0.2, 0.25) is 5.91 Å². The molecule has 1 atom stereocenters. The van der Waals surface area contributed by atoms with Gasteiger partial charge >= 0.3 is 0 Å². The molecule has 1 aliphatic heterocycles. The van der Waals surface area contributed by atoms with Crippen LogP contribution in [0.2, 0.25) is 5.02 Å². The van der Waals surface area contributed by atoms with Crippen LogP contribution in [0.15, 0.2) is 54.7 Å². The molecule has 2 amide bonds. The minimum absolute atomic E-state index is 0.0886. The summed E-state index contributed by atoms with van der Waals surface area (Å²) >= 11 is 5.90. The molecule has 1 aromatic heterocycles. The van der Waals surface area contributed by atoms with Crippen molar-refractivity contribution in [2.75, 3.05) is 5.32 Å². The number of carbonyl (C=O) groups excluding carboxylic acids is 2. The number of imidazole rings is 1. The van der Waals surface area contributed by atoms with E-state index in [1.54, 1.807) is 24.3 Å². The summed E-state index contributed by atoms with van der Waals surface area (Å²) in [4.78, 5) is 30.4. The standard InChI is InChI=1S/C25H27ClN4O2/c1-16(2)23(29-24(31)17-9-11-19(26)12-10-17)25(32)27-20-7-5-6-18(14-20)21-15-30-13-4-3-8-22(30)28-21/h5-7,9-12,14-16,23H,3-4,8,13H2,1-2H3,(H,27,32)(H,29,31)/t23-/m0/s1. The van der Waals surface area contributed by atoms with Crippen LogP contribution in [-0.2, 0) is 17.8 Å². The zero-order valence-electron chi connectivity index (χ0n) is 18.3. The second-order valence-corrected chi connectivity index (χ2v) is 8.90. The molecule has 2 aromatic carbocycles. The molecule has 0 radical (unpaired) electrons. The van der Waals surface area contributed by atoms with E-state index in [2.05, 4.69) is 21.4 Å². The predicted octanol–water partition coefficient (Wildman–Crippen LogP) is 4.93. The first-order valence-electron chi connectivity index (χ1n) is 10.9. The first kappa shape index (κ1) is 22.1. The quantitative estimate of drug-likeness (QED) is 0.558. The molecule has 166 valence electrons. The Hall–Kier alpha value is -3.12. The van der Waals surface area contributed by atoms with Crippen LogP contribution in [0.4, 0.5) is 5.69 Å². The molecule has 32 heavy (non-hydrogen) atoms. The number of hydrogen-bond donors (Lipinski definition) is 2. The number of amides is 2. The van der Waals surface area contributed by atoms with Gasteiger partial charge in [-0.15, -0.1) is 0 Å². The second-order valence-electron chi connectivity index (χ2n) is 8.46. The Bertz CT molecular complexity index is 1100. The fourth-order valence-corrected chi connectivity index (χ4v) is 4.01. The lowest BCUT2D eigenvalue weighted by Crippen LogP contribution is -2.47. The minimum atomic E-state index is -0.679. The SMILES string of the molecule is CC(C)[C@H](NC(=O)c1ccc(Cl)cc1)C(=O)Nc1cccc(-c2cn3c(n2)CCCC3)c1.